The van der Waals surface area contributed by atoms with Gasteiger partial charge in [0.1, 0.15) is 5.75 Å². The first-order chi connectivity index (χ1) is 10.1. The lowest BCUT2D eigenvalue weighted by Gasteiger charge is -2.16. The SMILES string of the molecule is CCc1ccc(CNC(C)c2cccc(OC(C)C)c2)s1. The maximum atomic E-state index is 5.76. The van der Waals surface area contributed by atoms with Crippen LogP contribution in [0.3, 0.4) is 0 Å². The summed E-state index contributed by atoms with van der Waals surface area (Å²) in [5.41, 5.74) is 1.26. The predicted octanol–water partition coefficient (Wildman–Crippen LogP) is 4.95. The number of thiophene rings is 1. The van der Waals surface area contributed by atoms with Gasteiger partial charge in [0.05, 0.1) is 6.10 Å². The molecule has 0 aliphatic heterocycles. The molecule has 3 heteroatoms. The van der Waals surface area contributed by atoms with Gasteiger partial charge < -0.3 is 10.1 Å². The van der Waals surface area contributed by atoms with Crippen LogP contribution in [0.15, 0.2) is 36.4 Å². The predicted molar refractivity (Wildman–Crippen MR) is 91.2 cm³/mol. The zero-order chi connectivity index (χ0) is 15.2. The van der Waals surface area contributed by atoms with Gasteiger partial charge in [-0.3, -0.25) is 0 Å². The molecule has 0 saturated heterocycles. The molecule has 0 fully saturated rings. The second kappa shape index (κ2) is 7.62. The van der Waals surface area contributed by atoms with Gasteiger partial charge in [0, 0.05) is 22.3 Å². The van der Waals surface area contributed by atoms with Gasteiger partial charge in [-0.2, -0.15) is 0 Å². The Kier molecular flexibility index (Phi) is 5.83. The lowest BCUT2D eigenvalue weighted by atomic mass is 10.1. The Morgan fingerprint density at radius 2 is 1.86 bits per heavy atom. The maximum absolute atomic E-state index is 5.76. The number of benzene rings is 1. The Labute approximate surface area is 132 Å². The fourth-order valence-electron chi connectivity index (χ4n) is 2.21. The van der Waals surface area contributed by atoms with Crippen LogP contribution in [-0.4, -0.2) is 6.10 Å². The number of hydrogen-bond donors (Lipinski definition) is 1. The van der Waals surface area contributed by atoms with Gasteiger partial charge in [-0.1, -0.05) is 19.1 Å². The minimum Gasteiger partial charge on any atom is -0.491 e. The summed E-state index contributed by atoms with van der Waals surface area (Å²) in [6.07, 6.45) is 1.33. The van der Waals surface area contributed by atoms with Crippen LogP contribution >= 0.6 is 11.3 Å². The largest absolute Gasteiger partial charge is 0.491 e. The van der Waals surface area contributed by atoms with E-state index in [1.54, 1.807) is 0 Å². The van der Waals surface area contributed by atoms with Gasteiger partial charge in [-0.25, -0.2) is 0 Å². The molecule has 0 radical (unpaired) electrons. The minimum atomic E-state index is 0.210. The zero-order valence-electron chi connectivity index (χ0n) is 13.3. The van der Waals surface area contributed by atoms with E-state index in [1.807, 2.05) is 17.4 Å². The summed E-state index contributed by atoms with van der Waals surface area (Å²) >= 11 is 1.89. The van der Waals surface area contributed by atoms with Crippen molar-refractivity contribution < 1.29 is 4.74 Å². The molecule has 0 aliphatic carbocycles. The van der Waals surface area contributed by atoms with Gasteiger partial charge in [0.25, 0.3) is 0 Å². The Balaban J connectivity index is 1.94. The second-order valence-corrected chi connectivity index (χ2v) is 6.82. The highest BCUT2D eigenvalue weighted by atomic mass is 32.1. The molecule has 1 heterocycles. The minimum absolute atomic E-state index is 0.210. The van der Waals surface area contributed by atoms with E-state index < -0.39 is 0 Å². The summed E-state index contributed by atoms with van der Waals surface area (Å²) in [4.78, 5) is 2.85. The number of nitrogens with one attached hydrogen (secondary N) is 1. The number of hydrogen-bond acceptors (Lipinski definition) is 3. The molecule has 2 aromatic rings. The molecule has 1 aromatic carbocycles. The highest BCUT2D eigenvalue weighted by molar-refractivity contribution is 7.11. The van der Waals surface area contributed by atoms with Crippen LogP contribution in [0.25, 0.3) is 0 Å². The maximum Gasteiger partial charge on any atom is 0.120 e. The normalized spacial score (nSPS) is 12.6. The van der Waals surface area contributed by atoms with E-state index in [1.165, 1.54) is 15.3 Å². The van der Waals surface area contributed by atoms with Crippen molar-refractivity contribution in [1.29, 1.82) is 0 Å². The van der Waals surface area contributed by atoms with E-state index in [4.69, 9.17) is 4.74 Å². The van der Waals surface area contributed by atoms with Gasteiger partial charge in [-0.05, 0) is 57.0 Å². The highest BCUT2D eigenvalue weighted by Gasteiger charge is 2.08. The van der Waals surface area contributed by atoms with E-state index in [-0.39, 0.29) is 6.10 Å². The summed E-state index contributed by atoms with van der Waals surface area (Å²) in [7, 11) is 0. The average molecular weight is 303 g/mol. The fourth-order valence-corrected chi connectivity index (χ4v) is 3.12. The van der Waals surface area contributed by atoms with Crippen molar-refractivity contribution in [3.63, 3.8) is 0 Å². The zero-order valence-corrected chi connectivity index (χ0v) is 14.2. The molecule has 0 bridgehead atoms. The first-order valence-corrected chi connectivity index (χ1v) is 8.47. The highest BCUT2D eigenvalue weighted by Crippen LogP contribution is 2.22. The standard InChI is InChI=1S/C18H25NOS/c1-5-17-9-10-18(21-17)12-19-14(4)15-7-6-8-16(11-15)20-13(2)3/h6-11,13-14,19H,5,12H2,1-4H3. The van der Waals surface area contributed by atoms with Crippen LogP contribution < -0.4 is 10.1 Å². The van der Waals surface area contributed by atoms with Crippen molar-refractivity contribution in [2.24, 2.45) is 0 Å². The molecule has 2 rings (SSSR count). The number of ether oxygens (including phenoxy) is 1. The average Bonchev–Trinajstić information content (AvgIpc) is 2.92. The number of rotatable bonds is 7. The van der Waals surface area contributed by atoms with Crippen molar-refractivity contribution in [3.8, 4) is 5.75 Å². The first-order valence-electron chi connectivity index (χ1n) is 7.66. The van der Waals surface area contributed by atoms with Gasteiger partial charge >= 0.3 is 0 Å². The van der Waals surface area contributed by atoms with Gasteiger partial charge in [0.2, 0.25) is 0 Å². The van der Waals surface area contributed by atoms with E-state index in [2.05, 4.69) is 63.3 Å². The van der Waals surface area contributed by atoms with E-state index in [0.717, 1.165) is 18.7 Å². The van der Waals surface area contributed by atoms with Gasteiger partial charge in [-0.15, -0.1) is 11.3 Å². The third kappa shape index (κ3) is 4.87. The Bertz CT molecular complexity index is 562. The molecule has 2 nitrogen and oxygen atoms in total. The van der Waals surface area contributed by atoms with Crippen molar-refractivity contribution in [2.75, 3.05) is 0 Å². The molecule has 21 heavy (non-hydrogen) atoms. The first kappa shape index (κ1) is 16.1. The molecule has 0 spiro atoms. The Morgan fingerprint density at radius 1 is 1.10 bits per heavy atom. The summed E-state index contributed by atoms with van der Waals surface area (Å²) in [6, 6.07) is 13.1. The smallest absolute Gasteiger partial charge is 0.120 e. The summed E-state index contributed by atoms with van der Waals surface area (Å²) in [5.74, 6) is 0.945. The molecule has 0 amide bonds. The van der Waals surface area contributed by atoms with E-state index in [9.17, 15) is 0 Å². The van der Waals surface area contributed by atoms with Crippen molar-refractivity contribution in [2.45, 2.75) is 52.8 Å². The van der Waals surface area contributed by atoms with Crippen LogP contribution in [0.1, 0.15) is 49.1 Å². The molecule has 1 aromatic heterocycles. The van der Waals surface area contributed by atoms with Gasteiger partial charge in [0.15, 0.2) is 0 Å². The third-order valence-corrected chi connectivity index (χ3v) is 4.61. The van der Waals surface area contributed by atoms with Crippen LogP contribution in [0.2, 0.25) is 0 Å². The summed E-state index contributed by atoms with van der Waals surface area (Å²) in [5, 5.41) is 3.59. The van der Waals surface area contributed by atoms with Crippen molar-refractivity contribution >= 4 is 11.3 Å². The van der Waals surface area contributed by atoms with Crippen LogP contribution in [-0.2, 0) is 13.0 Å². The Morgan fingerprint density at radius 3 is 2.52 bits per heavy atom. The molecule has 1 unspecified atom stereocenters. The van der Waals surface area contributed by atoms with E-state index >= 15 is 0 Å². The quantitative estimate of drug-likeness (QED) is 0.781. The fraction of sp³-hybridized carbons (Fsp3) is 0.444. The monoisotopic (exact) mass is 303 g/mol. The molecule has 0 saturated carbocycles. The van der Waals surface area contributed by atoms with Crippen molar-refractivity contribution in [1.82, 2.24) is 5.32 Å². The van der Waals surface area contributed by atoms with Crippen LogP contribution in [0.5, 0.6) is 5.75 Å². The molecule has 114 valence electrons. The molecule has 1 N–H and O–H groups in total. The van der Waals surface area contributed by atoms with E-state index in [0.29, 0.717) is 6.04 Å². The molecule has 0 aliphatic rings. The number of aryl methyl sites for hydroxylation is 1. The van der Waals surface area contributed by atoms with Crippen molar-refractivity contribution in [3.05, 3.63) is 51.7 Å². The second-order valence-electron chi connectivity index (χ2n) is 5.56. The molecular formula is C18H25NOS. The lowest BCUT2D eigenvalue weighted by Crippen LogP contribution is -2.17. The third-order valence-electron chi connectivity index (χ3n) is 3.38. The molecular weight excluding hydrogens is 278 g/mol. The topological polar surface area (TPSA) is 21.3 Å². The summed E-state index contributed by atoms with van der Waals surface area (Å²) < 4.78 is 5.76. The Hall–Kier alpha value is -1.32. The van der Waals surface area contributed by atoms with Crippen LogP contribution in [0.4, 0.5) is 0 Å². The lowest BCUT2D eigenvalue weighted by molar-refractivity contribution is 0.242. The summed E-state index contributed by atoms with van der Waals surface area (Å²) in [6.45, 7) is 9.42. The van der Waals surface area contributed by atoms with Crippen LogP contribution in [0, 0.1) is 0 Å². The molecule has 1 atom stereocenters.